The molecule has 0 bridgehead atoms. The fourth-order valence-electron chi connectivity index (χ4n) is 2.76. The van der Waals surface area contributed by atoms with Crippen molar-refractivity contribution in [1.29, 1.82) is 0 Å². The van der Waals surface area contributed by atoms with Crippen LogP contribution in [0.1, 0.15) is 91.9 Å². The van der Waals surface area contributed by atoms with Gasteiger partial charge in [-0.25, -0.2) is 0 Å². The van der Waals surface area contributed by atoms with Crippen LogP contribution >= 0.6 is 0 Å². The second-order valence-electron chi connectivity index (χ2n) is 7.12. The van der Waals surface area contributed by atoms with Crippen LogP contribution in [0.25, 0.3) is 0 Å². The molecule has 0 fully saturated rings. The van der Waals surface area contributed by atoms with Gasteiger partial charge in [0.2, 0.25) is 0 Å². The van der Waals surface area contributed by atoms with Crippen LogP contribution in [0.15, 0.2) is 0 Å². The Balaban J connectivity index is 3.74. The molecule has 0 rings (SSSR count). The topological polar surface area (TPSA) is 57.5 Å². The third-order valence-corrected chi connectivity index (χ3v) is 4.49. The fourth-order valence-corrected chi connectivity index (χ4v) is 2.76. The van der Waals surface area contributed by atoms with Gasteiger partial charge in [0.05, 0.1) is 11.5 Å². The number of hydrogen-bond donors (Lipinski definition) is 2. The van der Waals surface area contributed by atoms with Gasteiger partial charge >= 0.3 is 5.97 Å². The number of hydrogen-bond acceptors (Lipinski definition) is 2. The Morgan fingerprint density at radius 3 is 2.05 bits per heavy atom. The highest BCUT2D eigenvalue weighted by Crippen LogP contribution is 2.24. The number of unbranched alkanes of at least 4 members (excludes halogenated alkanes) is 2. The van der Waals surface area contributed by atoms with Gasteiger partial charge in [-0.1, -0.05) is 59.3 Å². The van der Waals surface area contributed by atoms with E-state index in [1.54, 1.807) is 6.92 Å². The smallest absolute Gasteiger partial charge is 0.306 e. The zero-order chi connectivity index (χ0) is 16.3. The molecule has 0 aromatic heterocycles. The van der Waals surface area contributed by atoms with E-state index in [9.17, 15) is 9.90 Å². The minimum Gasteiger partial charge on any atom is -0.481 e. The minimum atomic E-state index is -0.740. The van der Waals surface area contributed by atoms with Crippen molar-refractivity contribution in [2.75, 3.05) is 0 Å². The van der Waals surface area contributed by atoms with E-state index in [4.69, 9.17) is 5.11 Å². The van der Waals surface area contributed by atoms with E-state index >= 15 is 0 Å². The fraction of sp³-hybridized carbons (Fsp3) is 0.944. The van der Waals surface area contributed by atoms with Crippen LogP contribution in [-0.4, -0.2) is 21.8 Å². The monoisotopic (exact) mass is 300 g/mol. The molecule has 3 atom stereocenters. The number of rotatable bonds is 13. The lowest BCUT2D eigenvalue weighted by molar-refractivity contribution is -0.141. The van der Waals surface area contributed by atoms with Gasteiger partial charge in [-0.05, 0) is 38.5 Å². The third kappa shape index (κ3) is 11.7. The molecule has 0 aromatic carbocycles. The van der Waals surface area contributed by atoms with E-state index in [-0.39, 0.29) is 5.92 Å². The SMILES string of the molecule is CCCCCC(C)CCCC(C)(O)CCCC(C)C(=O)O. The lowest BCUT2D eigenvalue weighted by Crippen LogP contribution is -2.24. The summed E-state index contributed by atoms with van der Waals surface area (Å²) in [6.07, 6.45) is 10.4. The Morgan fingerprint density at radius 2 is 1.52 bits per heavy atom. The molecule has 0 aliphatic rings. The molecule has 0 radical (unpaired) electrons. The van der Waals surface area contributed by atoms with Crippen LogP contribution in [0.5, 0.6) is 0 Å². The predicted molar refractivity (Wildman–Crippen MR) is 88.4 cm³/mol. The van der Waals surface area contributed by atoms with Gasteiger partial charge in [0.25, 0.3) is 0 Å². The van der Waals surface area contributed by atoms with Gasteiger partial charge in [-0.2, -0.15) is 0 Å². The van der Waals surface area contributed by atoms with E-state index in [1.807, 2.05) is 6.92 Å². The molecule has 0 aromatic rings. The van der Waals surface area contributed by atoms with Gasteiger partial charge in [-0.3, -0.25) is 4.79 Å². The van der Waals surface area contributed by atoms with E-state index in [0.717, 1.165) is 25.2 Å². The van der Waals surface area contributed by atoms with Crippen molar-refractivity contribution < 1.29 is 15.0 Å². The molecule has 2 N–H and O–H groups in total. The summed E-state index contributed by atoms with van der Waals surface area (Å²) in [6, 6.07) is 0. The quantitative estimate of drug-likeness (QED) is 0.470. The summed E-state index contributed by atoms with van der Waals surface area (Å²) in [5, 5.41) is 19.2. The molecular formula is C18H36O3. The van der Waals surface area contributed by atoms with Crippen LogP contribution in [0.4, 0.5) is 0 Å². The zero-order valence-electron chi connectivity index (χ0n) is 14.5. The highest BCUT2D eigenvalue weighted by atomic mass is 16.4. The molecule has 0 saturated heterocycles. The molecule has 0 aliphatic heterocycles. The average Bonchev–Trinajstić information content (AvgIpc) is 2.38. The summed E-state index contributed by atoms with van der Waals surface area (Å²) in [6.45, 7) is 8.15. The van der Waals surface area contributed by atoms with Crippen molar-refractivity contribution in [2.24, 2.45) is 11.8 Å². The van der Waals surface area contributed by atoms with Crippen molar-refractivity contribution in [3.8, 4) is 0 Å². The Morgan fingerprint density at radius 1 is 1.00 bits per heavy atom. The van der Waals surface area contributed by atoms with Crippen LogP contribution in [0.3, 0.4) is 0 Å². The van der Waals surface area contributed by atoms with E-state index in [1.165, 1.54) is 32.1 Å². The highest BCUT2D eigenvalue weighted by Gasteiger charge is 2.21. The number of aliphatic hydroxyl groups is 1. The molecule has 126 valence electrons. The summed E-state index contributed by atoms with van der Waals surface area (Å²) in [4.78, 5) is 10.7. The normalized spacial score (nSPS) is 17.2. The molecular weight excluding hydrogens is 264 g/mol. The Bertz CT molecular complexity index is 274. The van der Waals surface area contributed by atoms with Crippen molar-refractivity contribution in [3.05, 3.63) is 0 Å². The van der Waals surface area contributed by atoms with Crippen molar-refractivity contribution in [3.63, 3.8) is 0 Å². The average molecular weight is 300 g/mol. The summed E-state index contributed by atoms with van der Waals surface area (Å²) < 4.78 is 0. The standard InChI is InChI=1S/C18H36O3/c1-5-6-7-10-15(2)11-8-13-18(4,21)14-9-12-16(3)17(19)20/h15-16,21H,5-14H2,1-4H3,(H,19,20). The van der Waals surface area contributed by atoms with E-state index in [0.29, 0.717) is 12.8 Å². The van der Waals surface area contributed by atoms with Crippen molar-refractivity contribution >= 4 is 5.97 Å². The first-order valence-electron chi connectivity index (χ1n) is 8.73. The molecule has 0 aliphatic carbocycles. The van der Waals surface area contributed by atoms with Crippen LogP contribution in [0, 0.1) is 11.8 Å². The molecule has 0 heterocycles. The summed E-state index contributed by atoms with van der Waals surface area (Å²) in [7, 11) is 0. The lowest BCUT2D eigenvalue weighted by atomic mass is 9.88. The maximum absolute atomic E-state index is 10.7. The number of aliphatic carboxylic acids is 1. The molecule has 3 heteroatoms. The number of carbonyl (C=O) groups is 1. The first kappa shape index (κ1) is 20.4. The molecule has 3 nitrogen and oxygen atoms in total. The second-order valence-corrected chi connectivity index (χ2v) is 7.12. The van der Waals surface area contributed by atoms with Crippen molar-refractivity contribution in [2.45, 2.75) is 97.5 Å². The largest absolute Gasteiger partial charge is 0.481 e. The molecule has 0 spiro atoms. The Labute approximate surface area is 131 Å². The Kier molecular flexibility index (Phi) is 10.8. The highest BCUT2D eigenvalue weighted by molar-refractivity contribution is 5.69. The summed E-state index contributed by atoms with van der Waals surface area (Å²) in [5.41, 5.74) is -0.638. The first-order chi connectivity index (χ1) is 9.78. The molecule has 3 unspecified atom stereocenters. The molecule has 21 heavy (non-hydrogen) atoms. The maximum atomic E-state index is 10.7. The number of carboxylic acids is 1. The maximum Gasteiger partial charge on any atom is 0.306 e. The van der Waals surface area contributed by atoms with Gasteiger partial charge in [0.1, 0.15) is 0 Å². The van der Waals surface area contributed by atoms with Crippen LogP contribution < -0.4 is 0 Å². The van der Waals surface area contributed by atoms with Gasteiger partial charge in [0.15, 0.2) is 0 Å². The molecule has 0 saturated carbocycles. The minimum absolute atomic E-state index is 0.306. The summed E-state index contributed by atoms with van der Waals surface area (Å²) in [5.74, 6) is -0.297. The third-order valence-electron chi connectivity index (χ3n) is 4.49. The Hall–Kier alpha value is -0.570. The number of carboxylic acid groups (broad SMARTS) is 1. The van der Waals surface area contributed by atoms with Gasteiger partial charge in [-0.15, -0.1) is 0 Å². The first-order valence-corrected chi connectivity index (χ1v) is 8.73. The van der Waals surface area contributed by atoms with E-state index in [2.05, 4.69) is 13.8 Å². The second kappa shape index (κ2) is 11.1. The van der Waals surface area contributed by atoms with Gasteiger partial charge < -0.3 is 10.2 Å². The predicted octanol–water partition coefficient (Wildman–Crippen LogP) is 5.02. The van der Waals surface area contributed by atoms with E-state index < -0.39 is 11.6 Å². The van der Waals surface area contributed by atoms with Crippen LogP contribution in [-0.2, 0) is 4.79 Å². The lowest BCUT2D eigenvalue weighted by Gasteiger charge is -2.24. The zero-order valence-corrected chi connectivity index (χ0v) is 14.5. The molecule has 0 amide bonds. The summed E-state index contributed by atoms with van der Waals surface area (Å²) >= 11 is 0. The van der Waals surface area contributed by atoms with Gasteiger partial charge in [0, 0.05) is 0 Å². The van der Waals surface area contributed by atoms with Crippen LogP contribution in [0.2, 0.25) is 0 Å². The van der Waals surface area contributed by atoms with Crippen molar-refractivity contribution in [1.82, 2.24) is 0 Å².